The van der Waals surface area contributed by atoms with Crippen molar-refractivity contribution in [2.75, 3.05) is 17.7 Å². The van der Waals surface area contributed by atoms with Crippen molar-refractivity contribution in [2.24, 2.45) is 0 Å². The Bertz CT molecular complexity index is 1430. The molecular formula is C28H33N5O3. The number of nitrogens with zero attached hydrogens (tertiary/aromatic N) is 2. The highest BCUT2D eigenvalue weighted by Gasteiger charge is 2.26. The number of ether oxygens (including phenoxy) is 1. The first kappa shape index (κ1) is 25.0. The molecule has 0 aliphatic carbocycles. The molecule has 0 saturated heterocycles. The van der Waals surface area contributed by atoms with Crippen LogP contribution in [0.5, 0.6) is 0 Å². The van der Waals surface area contributed by atoms with E-state index in [-0.39, 0.29) is 17.6 Å². The molecule has 8 heteroatoms. The van der Waals surface area contributed by atoms with E-state index in [1.54, 1.807) is 6.20 Å². The summed E-state index contributed by atoms with van der Waals surface area (Å²) in [6.07, 6.45) is 6.28. The first-order valence-corrected chi connectivity index (χ1v) is 12.1. The Morgan fingerprint density at radius 1 is 1.22 bits per heavy atom. The van der Waals surface area contributed by atoms with E-state index in [1.165, 1.54) is 14.0 Å². The number of carbonyl (C=O) groups excluding carboxylic acids is 2. The molecule has 188 valence electrons. The fourth-order valence-corrected chi connectivity index (χ4v) is 4.52. The number of anilines is 2. The molecule has 0 aliphatic heterocycles. The lowest BCUT2D eigenvalue weighted by Crippen LogP contribution is -2.16. The Balaban J connectivity index is 1.74. The first-order chi connectivity index (χ1) is 17.3. The number of aromatic amines is 1. The summed E-state index contributed by atoms with van der Waals surface area (Å²) in [5.41, 5.74) is 5.45. The second kappa shape index (κ2) is 10.7. The van der Waals surface area contributed by atoms with Crippen LogP contribution < -0.4 is 10.6 Å². The van der Waals surface area contributed by atoms with E-state index >= 15 is 0 Å². The second-order valence-corrected chi connectivity index (χ2v) is 9.29. The van der Waals surface area contributed by atoms with Crippen molar-refractivity contribution in [2.45, 2.75) is 52.6 Å². The highest BCUT2D eigenvalue weighted by molar-refractivity contribution is 6.11. The van der Waals surface area contributed by atoms with Gasteiger partial charge >= 0.3 is 5.97 Å². The molecule has 4 aromatic rings. The third-order valence-corrected chi connectivity index (χ3v) is 6.28. The number of aryl methyl sites for hydroxylation is 2. The molecule has 3 N–H and O–H groups in total. The Hall–Kier alpha value is -4.07. The molecule has 1 aromatic carbocycles. The summed E-state index contributed by atoms with van der Waals surface area (Å²) in [6, 6.07) is 10.2. The molecule has 1 amide bonds. The molecule has 0 aliphatic rings. The molecule has 0 saturated carbocycles. The summed E-state index contributed by atoms with van der Waals surface area (Å²) in [5, 5.41) is 8.14. The number of carbonyl (C=O) groups is 2. The van der Waals surface area contributed by atoms with E-state index < -0.39 is 5.97 Å². The predicted octanol–water partition coefficient (Wildman–Crippen LogP) is 5.66. The Morgan fingerprint density at radius 3 is 2.72 bits per heavy atom. The molecule has 0 fully saturated rings. The smallest absolute Gasteiger partial charge is 0.356 e. The average Bonchev–Trinajstić information content (AvgIpc) is 3.39. The maximum Gasteiger partial charge on any atom is 0.356 e. The van der Waals surface area contributed by atoms with Crippen LogP contribution in [0.3, 0.4) is 0 Å². The van der Waals surface area contributed by atoms with Crippen LogP contribution in [0.2, 0.25) is 0 Å². The normalized spacial score (nSPS) is 12.0. The number of nitrogens with one attached hydrogen (secondary N) is 3. The number of amides is 1. The number of H-pyrrole nitrogens is 1. The Labute approximate surface area is 210 Å². The number of fused-ring (bicyclic) bond motifs is 2. The molecule has 1 atom stereocenters. The minimum absolute atomic E-state index is 0.203. The van der Waals surface area contributed by atoms with Gasteiger partial charge in [-0.05, 0) is 50.8 Å². The average molecular weight is 488 g/mol. The van der Waals surface area contributed by atoms with E-state index in [9.17, 15) is 9.59 Å². The number of hydrogen-bond acceptors (Lipinski definition) is 5. The summed E-state index contributed by atoms with van der Waals surface area (Å²) in [5.74, 6) is -0.802. The molecular weight excluding hydrogens is 454 g/mol. The van der Waals surface area contributed by atoms with E-state index in [4.69, 9.17) is 9.72 Å². The van der Waals surface area contributed by atoms with Gasteiger partial charge in [-0.2, -0.15) is 0 Å². The molecule has 0 spiro atoms. The van der Waals surface area contributed by atoms with Crippen LogP contribution in [0, 0.1) is 0 Å². The van der Waals surface area contributed by atoms with E-state index in [1.807, 2.05) is 42.0 Å². The van der Waals surface area contributed by atoms with Gasteiger partial charge in [-0.15, -0.1) is 6.58 Å². The summed E-state index contributed by atoms with van der Waals surface area (Å²) in [7, 11) is 1.34. The number of esters is 1. The van der Waals surface area contributed by atoms with Crippen LogP contribution in [-0.2, 0) is 22.5 Å². The minimum Gasteiger partial charge on any atom is -0.464 e. The van der Waals surface area contributed by atoms with Crippen molar-refractivity contribution in [1.29, 1.82) is 0 Å². The third kappa shape index (κ3) is 5.27. The minimum atomic E-state index is -0.528. The van der Waals surface area contributed by atoms with Crippen molar-refractivity contribution in [3.63, 3.8) is 0 Å². The fraction of sp³-hybridized carbons (Fsp3) is 0.321. The van der Waals surface area contributed by atoms with Gasteiger partial charge in [0.25, 0.3) is 0 Å². The van der Waals surface area contributed by atoms with Crippen molar-refractivity contribution in [3.05, 3.63) is 66.1 Å². The number of allylic oxidation sites excluding steroid dienone is 1. The number of benzene rings is 1. The monoisotopic (exact) mass is 487 g/mol. The molecule has 8 nitrogen and oxygen atoms in total. The van der Waals surface area contributed by atoms with Crippen LogP contribution in [0.1, 0.15) is 49.7 Å². The van der Waals surface area contributed by atoms with Gasteiger partial charge in [-0.25, -0.2) is 9.78 Å². The summed E-state index contributed by atoms with van der Waals surface area (Å²) < 4.78 is 6.95. The number of para-hydroxylation sites is 1. The Kier molecular flexibility index (Phi) is 7.43. The lowest BCUT2D eigenvalue weighted by atomic mass is 10.1. The fourth-order valence-electron chi connectivity index (χ4n) is 4.52. The van der Waals surface area contributed by atoms with Gasteiger partial charge in [0, 0.05) is 42.0 Å². The third-order valence-electron chi connectivity index (χ3n) is 6.28. The predicted molar refractivity (Wildman–Crippen MR) is 145 cm³/mol. The highest BCUT2D eigenvalue weighted by Crippen LogP contribution is 2.33. The van der Waals surface area contributed by atoms with Gasteiger partial charge in [-0.3, -0.25) is 4.79 Å². The molecule has 36 heavy (non-hydrogen) atoms. The van der Waals surface area contributed by atoms with E-state index in [0.29, 0.717) is 29.7 Å². The zero-order chi connectivity index (χ0) is 25.8. The topological polar surface area (TPSA) is 101 Å². The lowest BCUT2D eigenvalue weighted by molar-refractivity contribution is -0.114. The summed E-state index contributed by atoms with van der Waals surface area (Å²) in [4.78, 5) is 33.1. The molecule has 3 aromatic heterocycles. The zero-order valence-corrected chi connectivity index (χ0v) is 21.3. The van der Waals surface area contributed by atoms with Crippen molar-refractivity contribution < 1.29 is 14.3 Å². The van der Waals surface area contributed by atoms with Gasteiger partial charge < -0.3 is 24.9 Å². The lowest BCUT2D eigenvalue weighted by Gasteiger charge is -2.15. The van der Waals surface area contributed by atoms with Crippen molar-refractivity contribution >= 4 is 45.2 Å². The largest absolute Gasteiger partial charge is 0.464 e. The zero-order valence-electron chi connectivity index (χ0n) is 21.3. The summed E-state index contributed by atoms with van der Waals surface area (Å²) in [6.45, 7) is 10.0. The van der Waals surface area contributed by atoms with Gasteiger partial charge in [0.2, 0.25) is 5.91 Å². The second-order valence-electron chi connectivity index (χ2n) is 9.29. The van der Waals surface area contributed by atoms with Crippen molar-refractivity contribution in [3.8, 4) is 0 Å². The van der Waals surface area contributed by atoms with E-state index in [0.717, 1.165) is 40.6 Å². The standard InChI is InChI=1S/C28H33N5O3/c1-17(2)10-11-18(3)31-21-14-23-25(32-19(4)34)26(28(35)36-5)33(27(23)30-16-21)13-12-20-15-29-24-9-7-6-8-22(20)24/h6-9,14-16,18,29,31H,1,10-13H2,2-5H3,(H,32,34)/t18-/m0/s1. The van der Waals surface area contributed by atoms with Crippen LogP contribution in [0.15, 0.2) is 54.9 Å². The maximum absolute atomic E-state index is 12.9. The molecule has 0 bridgehead atoms. The van der Waals surface area contributed by atoms with Crippen LogP contribution in [0.4, 0.5) is 11.4 Å². The van der Waals surface area contributed by atoms with Crippen LogP contribution in [0.25, 0.3) is 21.9 Å². The number of aromatic nitrogens is 3. The molecule has 4 rings (SSSR count). The first-order valence-electron chi connectivity index (χ1n) is 12.1. The van der Waals surface area contributed by atoms with Crippen LogP contribution >= 0.6 is 0 Å². The number of methoxy groups -OCH3 is 1. The highest BCUT2D eigenvalue weighted by atomic mass is 16.5. The van der Waals surface area contributed by atoms with Gasteiger partial charge in [0.05, 0.1) is 24.7 Å². The number of hydrogen-bond donors (Lipinski definition) is 3. The SMILES string of the molecule is C=C(C)CC[C@H](C)Nc1cnc2c(c1)c(NC(C)=O)c(C(=O)OC)n2CCc1c[nH]c2ccccc12. The van der Waals surface area contributed by atoms with Crippen LogP contribution in [-0.4, -0.2) is 39.6 Å². The molecule has 0 radical (unpaired) electrons. The number of pyridine rings is 1. The number of rotatable bonds is 10. The van der Waals surface area contributed by atoms with E-state index in [2.05, 4.69) is 35.2 Å². The Morgan fingerprint density at radius 2 is 2.00 bits per heavy atom. The molecule has 3 heterocycles. The van der Waals surface area contributed by atoms with Gasteiger partial charge in [-0.1, -0.05) is 23.8 Å². The quantitative estimate of drug-likeness (QED) is 0.198. The van der Waals surface area contributed by atoms with Crippen molar-refractivity contribution in [1.82, 2.24) is 14.5 Å². The summed E-state index contributed by atoms with van der Waals surface area (Å²) >= 11 is 0. The molecule has 0 unspecified atom stereocenters. The van der Waals surface area contributed by atoms with Gasteiger partial charge in [0.1, 0.15) is 5.65 Å². The van der Waals surface area contributed by atoms with Gasteiger partial charge in [0.15, 0.2) is 5.69 Å². The maximum atomic E-state index is 12.9.